The van der Waals surface area contributed by atoms with Crippen LogP contribution in [0.15, 0.2) is 12.3 Å². The number of hydrogen-bond donors (Lipinski definition) is 1. The number of aliphatic hydroxyl groups excluding tert-OH is 1. The zero-order chi connectivity index (χ0) is 11.4. The Kier molecular flexibility index (Phi) is 4.64. The maximum absolute atomic E-state index is 9.16. The van der Waals surface area contributed by atoms with E-state index in [1.54, 1.807) is 19.2 Å². The van der Waals surface area contributed by atoms with E-state index in [9.17, 15) is 0 Å². The summed E-state index contributed by atoms with van der Waals surface area (Å²) in [5.41, 5.74) is 0. The van der Waals surface area contributed by atoms with Gasteiger partial charge in [-0.25, -0.2) is 4.98 Å². The fourth-order valence-corrected chi connectivity index (χ4v) is 1.70. The van der Waals surface area contributed by atoms with Gasteiger partial charge >= 0.3 is 0 Å². The Balaban J connectivity index is 2.69. The predicted molar refractivity (Wildman–Crippen MR) is 63.8 cm³/mol. The highest BCUT2D eigenvalue weighted by molar-refractivity contribution is 6.35. The second-order valence-electron chi connectivity index (χ2n) is 3.52. The van der Waals surface area contributed by atoms with Gasteiger partial charge in [0.15, 0.2) is 0 Å². The normalized spacial score (nSPS) is 12.6. The van der Waals surface area contributed by atoms with Gasteiger partial charge in [0.1, 0.15) is 5.82 Å². The van der Waals surface area contributed by atoms with Crippen LogP contribution < -0.4 is 4.90 Å². The SMILES string of the molecule is CC(O)CCN(C)c1ncc(Cl)cc1Cl. The number of rotatable bonds is 4. The maximum Gasteiger partial charge on any atom is 0.147 e. The molecule has 0 spiro atoms. The molecule has 3 nitrogen and oxygen atoms in total. The Bertz CT molecular complexity index is 331. The minimum absolute atomic E-state index is 0.321. The topological polar surface area (TPSA) is 36.4 Å². The monoisotopic (exact) mass is 248 g/mol. The van der Waals surface area contributed by atoms with Gasteiger partial charge in [-0.1, -0.05) is 23.2 Å². The van der Waals surface area contributed by atoms with Crippen molar-refractivity contribution in [3.63, 3.8) is 0 Å². The molecule has 1 aromatic rings. The van der Waals surface area contributed by atoms with E-state index in [2.05, 4.69) is 4.98 Å². The van der Waals surface area contributed by atoms with Crippen molar-refractivity contribution in [3.05, 3.63) is 22.3 Å². The van der Waals surface area contributed by atoms with Crippen molar-refractivity contribution in [2.24, 2.45) is 0 Å². The number of anilines is 1. The number of aliphatic hydroxyl groups is 1. The standard InChI is InChI=1S/C10H14Cl2N2O/c1-7(15)3-4-14(2)10-9(12)5-8(11)6-13-10/h5-7,15H,3-4H2,1-2H3. The molecule has 0 aromatic carbocycles. The summed E-state index contributed by atoms with van der Waals surface area (Å²) in [6.07, 6.45) is 1.91. The van der Waals surface area contributed by atoms with Crippen LogP contribution in [-0.4, -0.2) is 29.8 Å². The molecule has 5 heteroatoms. The van der Waals surface area contributed by atoms with Crippen molar-refractivity contribution in [1.82, 2.24) is 4.98 Å². The van der Waals surface area contributed by atoms with Crippen LogP contribution in [0.5, 0.6) is 0 Å². The predicted octanol–water partition coefficient (Wildman–Crippen LogP) is 2.60. The lowest BCUT2D eigenvalue weighted by molar-refractivity contribution is 0.187. The van der Waals surface area contributed by atoms with E-state index in [0.29, 0.717) is 28.8 Å². The summed E-state index contributed by atoms with van der Waals surface area (Å²) >= 11 is 11.7. The fraction of sp³-hybridized carbons (Fsp3) is 0.500. The van der Waals surface area contributed by atoms with E-state index in [1.807, 2.05) is 11.9 Å². The van der Waals surface area contributed by atoms with E-state index in [-0.39, 0.29) is 6.10 Å². The van der Waals surface area contributed by atoms with Crippen molar-refractivity contribution in [2.45, 2.75) is 19.4 Å². The highest BCUT2D eigenvalue weighted by atomic mass is 35.5. The molecule has 15 heavy (non-hydrogen) atoms. The molecule has 0 saturated carbocycles. The van der Waals surface area contributed by atoms with Crippen LogP contribution in [0.3, 0.4) is 0 Å². The van der Waals surface area contributed by atoms with E-state index < -0.39 is 0 Å². The first-order chi connectivity index (χ1) is 7.00. The lowest BCUT2D eigenvalue weighted by Crippen LogP contribution is -2.23. The maximum atomic E-state index is 9.16. The molecule has 0 amide bonds. The van der Waals surface area contributed by atoms with Gasteiger partial charge in [0.25, 0.3) is 0 Å². The van der Waals surface area contributed by atoms with E-state index >= 15 is 0 Å². The molecule has 0 aliphatic carbocycles. The lowest BCUT2D eigenvalue weighted by Gasteiger charge is -2.19. The van der Waals surface area contributed by atoms with Gasteiger partial charge in [-0.3, -0.25) is 0 Å². The third kappa shape index (κ3) is 3.86. The summed E-state index contributed by atoms with van der Waals surface area (Å²) in [5, 5.41) is 10.2. The van der Waals surface area contributed by atoms with Crippen molar-refractivity contribution in [1.29, 1.82) is 0 Å². The Hall–Kier alpha value is -0.510. The second-order valence-corrected chi connectivity index (χ2v) is 4.36. The summed E-state index contributed by atoms with van der Waals surface area (Å²) in [6.45, 7) is 2.46. The molecule has 1 unspecified atom stereocenters. The van der Waals surface area contributed by atoms with Gasteiger partial charge in [-0.2, -0.15) is 0 Å². The van der Waals surface area contributed by atoms with Crippen LogP contribution in [-0.2, 0) is 0 Å². The first-order valence-corrected chi connectivity index (χ1v) is 5.46. The van der Waals surface area contributed by atoms with Crippen molar-refractivity contribution in [3.8, 4) is 0 Å². The zero-order valence-electron chi connectivity index (χ0n) is 8.74. The van der Waals surface area contributed by atoms with Gasteiger partial charge in [0.2, 0.25) is 0 Å². The molecule has 1 atom stereocenters. The molecule has 1 N–H and O–H groups in total. The van der Waals surface area contributed by atoms with E-state index in [0.717, 1.165) is 0 Å². The number of nitrogens with zero attached hydrogens (tertiary/aromatic N) is 2. The summed E-state index contributed by atoms with van der Waals surface area (Å²) in [7, 11) is 1.88. The summed E-state index contributed by atoms with van der Waals surface area (Å²) in [5.74, 6) is 0.682. The molecule has 0 radical (unpaired) electrons. The first kappa shape index (κ1) is 12.6. The largest absolute Gasteiger partial charge is 0.393 e. The average molecular weight is 249 g/mol. The van der Waals surface area contributed by atoms with E-state index in [1.165, 1.54) is 0 Å². The Morgan fingerprint density at radius 2 is 2.20 bits per heavy atom. The molecule has 0 fully saturated rings. The lowest BCUT2D eigenvalue weighted by atomic mass is 10.3. The number of aromatic nitrogens is 1. The summed E-state index contributed by atoms with van der Waals surface area (Å²) < 4.78 is 0. The number of halogens is 2. The van der Waals surface area contributed by atoms with Crippen molar-refractivity contribution < 1.29 is 5.11 Å². The minimum atomic E-state index is -0.321. The van der Waals surface area contributed by atoms with Crippen LogP contribution in [0.25, 0.3) is 0 Å². The summed E-state index contributed by atoms with van der Waals surface area (Å²) in [6, 6.07) is 1.66. The van der Waals surface area contributed by atoms with Gasteiger partial charge in [0.05, 0.1) is 16.1 Å². The highest BCUT2D eigenvalue weighted by Gasteiger charge is 2.08. The molecule has 1 heterocycles. The second kappa shape index (κ2) is 5.54. The zero-order valence-corrected chi connectivity index (χ0v) is 10.3. The Morgan fingerprint density at radius 1 is 1.53 bits per heavy atom. The van der Waals surface area contributed by atoms with Crippen LogP contribution in [0, 0.1) is 0 Å². The van der Waals surface area contributed by atoms with Crippen LogP contribution >= 0.6 is 23.2 Å². The minimum Gasteiger partial charge on any atom is -0.393 e. The Labute approximate surface area is 99.6 Å². The molecule has 84 valence electrons. The van der Waals surface area contributed by atoms with Crippen LogP contribution in [0.2, 0.25) is 10.0 Å². The summed E-state index contributed by atoms with van der Waals surface area (Å²) in [4.78, 5) is 6.03. The van der Waals surface area contributed by atoms with Gasteiger partial charge in [0, 0.05) is 19.8 Å². The van der Waals surface area contributed by atoms with Crippen LogP contribution in [0.4, 0.5) is 5.82 Å². The molecule has 0 aliphatic rings. The molecule has 0 saturated heterocycles. The van der Waals surface area contributed by atoms with Crippen LogP contribution in [0.1, 0.15) is 13.3 Å². The third-order valence-electron chi connectivity index (χ3n) is 2.03. The molecular formula is C10H14Cl2N2O. The third-order valence-corrected chi connectivity index (χ3v) is 2.52. The fourth-order valence-electron chi connectivity index (χ4n) is 1.17. The van der Waals surface area contributed by atoms with Gasteiger partial charge in [-0.15, -0.1) is 0 Å². The number of pyridine rings is 1. The average Bonchev–Trinajstić information content (AvgIpc) is 2.14. The highest BCUT2D eigenvalue weighted by Crippen LogP contribution is 2.25. The molecule has 0 aliphatic heterocycles. The molecule has 1 aromatic heterocycles. The van der Waals surface area contributed by atoms with Gasteiger partial charge in [-0.05, 0) is 19.4 Å². The van der Waals surface area contributed by atoms with Crippen molar-refractivity contribution in [2.75, 3.05) is 18.5 Å². The molecule has 1 rings (SSSR count). The first-order valence-electron chi connectivity index (χ1n) is 4.71. The number of hydrogen-bond acceptors (Lipinski definition) is 3. The molecular weight excluding hydrogens is 235 g/mol. The molecule has 0 bridgehead atoms. The quantitative estimate of drug-likeness (QED) is 0.890. The van der Waals surface area contributed by atoms with Crippen molar-refractivity contribution >= 4 is 29.0 Å². The van der Waals surface area contributed by atoms with E-state index in [4.69, 9.17) is 28.3 Å². The smallest absolute Gasteiger partial charge is 0.147 e. The Morgan fingerprint density at radius 3 is 2.73 bits per heavy atom. The van der Waals surface area contributed by atoms with Gasteiger partial charge < -0.3 is 10.0 Å².